The molecule has 5 rings (SSSR count). The summed E-state index contributed by atoms with van der Waals surface area (Å²) in [5, 5.41) is 5.67. The van der Waals surface area contributed by atoms with E-state index in [9.17, 15) is 0 Å². The Hall–Kier alpha value is -2.37. The van der Waals surface area contributed by atoms with Crippen LogP contribution in [0.3, 0.4) is 0 Å². The van der Waals surface area contributed by atoms with Crippen LogP contribution in [0.25, 0.3) is 10.9 Å². The van der Waals surface area contributed by atoms with Gasteiger partial charge in [-0.3, -0.25) is 4.90 Å². The van der Waals surface area contributed by atoms with Gasteiger partial charge in [-0.15, -0.1) is 0 Å². The molecule has 0 atom stereocenters. The number of nitrogens with one attached hydrogen (secondary N) is 1. The fourth-order valence-corrected chi connectivity index (χ4v) is 4.75. The van der Waals surface area contributed by atoms with Crippen LogP contribution in [-0.2, 0) is 6.54 Å². The molecule has 0 unspecified atom stereocenters. The summed E-state index contributed by atoms with van der Waals surface area (Å²) in [5.41, 5.74) is 2.21. The van der Waals surface area contributed by atoms with Gasteiger partial charge in [0.15, 0.2) is 0 Å². The van der Waals surface area contributed by atoms with E-state index in [-0.39, 0.29) is 0 Å². The Morgan fingerprint density at radius 2 is 1.63 bits per heavy atom. The first-order valence-electron chi connectivity index (χ1n) is 11.0. The molecular formula is C24H28ClN5. The van der Waals surface area contributed by atoms with Crippen molar-refractivity contribution in [3.8, 4) is 0 Å². The van der Waals surface area contributed by atoms with Crippen LogP contribution < -0.4 is 10.2 Å². The first-order valence-corrected chi connectivity index (χ1v) is 11.4. The highest BCUT2D eigenvalue weighted by Crippen LogP contribution is 2.28. The van der Waals surface area contributed by atoms with Crippen molar-refractivity contribution in [1.82, 2.24) is 14.9 Å². The number of hydrogen-bond donors (Lipinski definition) is 1. The van der Waals surface area contributed by atoms with Gasteiger partial charge in [0, 0.05) is 49.2 Å². The molecule has 0 spiro atoms. The summed E-state index contributed by atoms with van der Waals surface area (Å²) in [5.74, 6) is 1.83. The van der Waals surface area contributed by atoms with Gasteiger partial charge in [0.05, 0.1) is 5.52 Å². The number of piperazine rings is 1. The molecule has 1 aliphatic carbocycles. The molecule has 0 amide bonds. The molecule has 156 valence electrons. The number of hydrogen-bond acceptors (Lipinski definition) is 5. The number of para-hydroxylation sites is 1. The van der Waals surface area contributed by atoms with Crippen LogP contribution in [-0.4, -0.2) is 47.1 Å². The highest BCUT2D eigenvalue weighted by Gasteiger charge is 2.22. The van der Waals surface area contributed by atoms with Crippen molar-refractivity contribution in [2.75, 3.05) is 36.4 Å². The number of nitrogens with zero attached hydrogens (tertiary/aromatic N) is 4. The molecule has 2 heterocycles. The Bertz CT molecular complexity index is 1010. The number of halogens is 1. The second-order valence-electron chi connectivity index (χ2n) is 8.37. The fourth-order valence-electron chi connectivity index (χ4n) is 4.55. The third kappa shape index (κ3) is 4.23. The number of fused-ring (bicyclic) bond motifs is 1. The maximum absolute atomic E-state index is 6.35. The van der Waals surface area contributed by atoms with Crippen molar-refractivity contribution in [2.45, 2.75) is 38.3 Å². The van der Waals surface area contributed by atoms with Gasteiger partial charge in [-0.25, -0.2) is 4.98 Å². The standard InChI is InChI=1S/C24H28ClN5/c25-21-11-5-1-7-18(21)17-29-13-15-30(16-14-29)24-27-22-12-6-4-10-20(22)23(28-24)26-19-8-2-3-9-19/h1,4-7,10-12,19H,2-3,8-9,13-17H2,(H,26,27,28). The summed E-state index contributed by atoms with van der Waals surface area (Å²) in [6.45, 7) is 4.69. The number of anilines is 2. The first-order chi connectivity index (χ1) is 14.8. The molecule has 2 aromatic carbocycles. The van der Waals surface area contributed by atoms with Gasteiger partial charge in [-0.1, -0.05) is 54.8 Å². The van der Waals surface area contributed by atoms with Gasteiger partial charge in [0.1, 0.15) is 5.82 Å². The lowest BCUT2D eigenvalue weighted by Gasteiger charge is -2.35. The van der Waals surface area contributed by atoms with E-state index < -0.39 is 0 Å². The van der Waals surface area contributed by atoms with Crippen LogP contribution >= 0.6 is 11.6 Å². The molecule has 1 saturated heterocycles. The average Bonchev–Trinajstić information content (AvgIpc) is 3.29. The van der Waals surface area contributed by atoms with Gasteiger partial charge in [0.25, 0.3) is 0 Å². The average molecular weight is 422 g/mol. The van der Waals surface area contributed by atoms with Gasteiger partial charge >= 0.3 is 0 Å². The van der Waals surface area contributed by atoms with Crippen molar-refractivity contribution in [3.05, 3.63) is 59.1 Å². The zero-order valence-corrected chi connectivity index (χ0v) is 18.0. The molecule has 6 heteroatoms. The Morgan fingerprint density at radius 3 is 2.43 bits per heavy atom. The second-order valence-corrected chi connectivity index (χ2v) is 8.78. The van der Waals surface area contributed by atoms with Crippen LogP contribution in [0.1, 0.15) is 31.2 Å². The molecule has 2 aliphatic rings. The van der Waals surface area contributed by atoms with Crippen molar-refractivity contribution in [2.24, 2.45) is 0 Å². The Morgan fingerprint density at radius 1 is 0.900 bits per heavy atom. The normalized spacial score (nSPS) is 18.2. The molecule has 0 radical (unpaired) electrons. The van der Waals surface area contributed by atoms with Crippen molar-refractivity contribution in [3.63, 3.8) is 0 Å². The molecule has 1 saturated carbocycles. The van der Waals surface area contributed by atoms with Crippen LogP contribution in [0.4, 0.5) is 11.8 Å². The van der Waals surface area contributed by atoms with Gasteiger partial charge in [0.2, 0.25) is 5.95 Å². The lowest BCUT2D eigenvalue weighted by molar-refractivity contribution is 0.249. The molecule has 0 bridgehead atoms. The molecule has 1 aromatic heterocycles. The Kier molecular flexibility index (Phi) is 5.73. The van der Waals surface area contributed by atoms with E-state index >= 15 is 0 Å². The zero-order chi connectivity index (χ0) is 20.3. The lowest BCUT2D eigenvalue weighted by Crippen LogP contribution is -2.46. The molecule has 1 aliphatic heterocycles. The maximum atomic E-state index is 6.35. The van der Waals surface area contributed by atoms with Crippen LogP contribution in [0, 0.1) is 0 Å². The number of benzene rings is 2. The van der Waals surface area contributed by atoms with E-state index in [1.807, 2.05) is 12.1 Å². The van der Waals surface area contributed by atoms with Gasteiger partial charge in [-0.2, -0.15) is 4.98 Å². The summed E-state index contributed by atoms with van der Waals surface area (Å²) >= 11 is 6.35. The minimum absolute atomic E-state index is 0.531. The second kappa shape index (κ2) is 8.78. The number of rotatable bonds is 5. The molecule has 1 N–H and O–H groups in total. The van der Waals surface area contributed by atoms with Crippen molar-refractivity contribution < 1.29 is 0 Å². The Balaban J connectivity index is 1.32. The van der Waals surface area contributed by atoms with E-state index in [1.165, 1.54) is 31.2 Å². The van der Waals surface area contributed by atoms with Crippen molar-refractivity contribution in [1.29, 1.82) is 0 Å². The van der Waals surface area contributed by atoms with E-state index in [4.69, 9.17) is 21.6 Å². The van der Waals surface area contributed by atoms with Crippen molar-refractivity contribution >= 4 is 34.3 Å². The zero-order valence-electron chi connectivity index (χ0n) is 17.2. The SMILES string of the molecule is Clc1ccccc1CN1CCN(c2nc(NC3CCCC3)c3ccccc3n2)CC1. The van der Waals surface area contributed by atoms with E-state index in [1.54, 1.807) is 0 Å². The van der Waals surface area contributed by atoms with E-state index in [2.05, 4.69) is 51.5 Å². The monoisotopic (exact) mass is 421 g/mol. The Labute approximate surface area is 183 Å². The van der Waals surface area contributed by atoms with Crippen LogP contribution in [0.2, 0.25) is 5.02 Å². The summed E-state index contributed by atoms with van der Waals surface area (Å²) in [4.78, 5) is 14.6. The van der Waals surface area contributed by atoms with E-state index in [0.717, 1.165) is 60.4 Å². The highest BCUT2D eigenvalue weighted by molar-refractivity contribution is 6.31. The molecule has 30 heavy (non-hydrogen) atoms. The topological polar surface area (TPSA) is 44.3 Å². The van der Waals surface area contributed by atoms with Gasteiger partial charge in [-0.05, 0) is 36.6 Å². The largest absolute Gasteiger partial charge is 0.367 e. The number of aromatic nitrogens is 2. The van der Waals surface area contributed by atoms with E-state index in [0.29, 0.717) is 6.04 Å². The minimum atomic E-state index is 0.531. The lowest BCUT2D eigenvalue weighted by atomic mass is 10.2. The minimum Gasteiger partial charge on any atom is -0.367 e. The first kappa shape index (κ1) is 19.6. The quantitative estimate of drug-likeness (QED) is 0.630. The predicted molar refractivity (Wildman–Crippen MR) is 124 cm³/mol. The molecular weight excluding hydrogens is 394 g/mol. The molecule has 3 aromatic rings. The van der Waals surface area contributed by atoms with Crippen LogP contribution in [0.15, 0.2) is 48.5 Å². The highest BCUT2D eigenvalue weighted by atomic mass is 35.5. The molecule has 2 fully saturated rings. The third-order valence-electron chi connectivity index (χ3n) is 6.29. The predicted octanol–water partition coefficient (Wildman–Crippen LogP) is 4.96. The summed E-state index contributed by atoms with van der Waals surface area (Å²) in [6.07, 6.45) is 5.07. The van der Waals surface area contributed by atoms with Gasteiger partial charge < -0.3 is 10.2 Å². The summed E-state index contributed by atoms with van der Waals surface area (Å²) in [7, 11) is 0. The van der Waals surface area contributed by atoms with Crippen LogP contribution in [0.5, 0.6) is 0 Å². The summed E-state index contributed by atoms with van der Waals surface area (Å²) in [6, 6.07) is 17.0. The smallest absolute Gasteiger partial charge is 0.227 e. The fraction of sp³-hybridized carbons (Fsp3) is 0.417. The summed E-state index contributed by atoms with van der Waals surface area (Å²) < 4.78 is 0. The third-order valence-corrected chi connectivity index (χ3v) is 6.66. The maximum Gasteiger partial charge on any atom is 0.227 e. The molecule has 5 nitrogen and oxygen atoms in total.